The Kier molecular flexibility index (Phi) is 8.66. The molecule has 9 heteroatoms. The highest BCUT2D eigenvalue weighted by atomic mass is 16.5. The highest BCUT2D eigenvalue weighted by molar-refractivity contribution is 6.05. The van der Waals surface area contributed by atoms with Gasteiger partial charge in [-0.25, -0.2) is 9.97 Å². The summed E-state index contributed by atoms with van der Waals surface area (Å²) in [5.74, 6) is 0.610. The molecular weight excluding hydrogens is 516 g/mol. The van der Waals surface area contributed by atoms with Gasteiger partial charge in [0.15, 0.2) is 0 Å². The van der Waals surface area contributed by atoms with Crippen molar-refractivity contribution in [3.63, 3.8) is 0 Å². The van der Waals surface area contributed by atoms with E-state index in [1.165, 1.54) is 6.08 Å². The van der Waals surface area contributed by atoms with Crippen molar-refractivity contribution in [3.05, 3.63) is 109 Å². The van der Waals surface area contributed by atoms with Crippen molar-refractivity contribution in [2.45, 2.75) is 12.8 Å². The molecule has 5 rings (SSSR count). The highest BCUT2D eigenvalue weighted by Crippen LogP contribution is 2.27. The van der Waals surface area contributed by atoms with E-state index < -0.39 is 0 Å². The van der Waals surface area contributed by atoms with Crippen LogP contribution >= 0.6 is 0 Å². The average molecular weight is 547 g/mol. The largest absolute Gasteiger partial charge is 0.494 e. The number of carbonyl (C=O) groups is 2. The third-order valence-corrected chi connectivity index (χ3v) is 6.21. The molecule has 0 atom stereocenters. The predicted molar refractivity (Wildman–Crippen MR) is 163 cm³/mol. The zero-order chi connectivity index (χ0) is 28.4. The van der Waals surface area contributed by atoms with Crippen LogP contribution in [-0.2, 0) is 4.79 Å². The Morgan fingerprint density at radius 3 is 2.63 bits per heavy atom. The van der Waals surface area contributed by atoms with Gasteiger partial charge in [0, 0.05) is 46.6 Å². The molecule has 4 aromatic rings. The molecule has 9 nitrogen and oxygen atoms in total. The maximum atomic E-state index is 13.0. The fourth-order valence-corrected chi connectivity index (χ4v) is 4.20. The maximum Gasteiger partial charge on any atom is 0.255 e. The Hall–Kier alpha value is -5.44. The Labute approximate surface area is 238 Å². The molecule has 2 amide bonds. The highest BCUT2D eigenvalue weighted by Gasteiger charge is 2.11. The summed E-state index contributed by atoms with van der Waals surface area (Å²) in [5, 5.41) is 12.3. The summed E-state index contributed by atoms with van der Waals surface area (Å²) in [7, 11) is 0. The van der Waals surface area contributed by atoms with Gasteiger partial charge in [-0.05, 0) is 79.6 Å². The first kappa shape index (κ1) is 27.1. The summed E-state index contributed by atoms with van der Waals surface area (Å²) < 4.78 is 5.94. The minimum atomic E-state index is -0.318. The number of allylic oxidation sites excluding steroid dienone is 1. The molecule has 1 aromatic heterocycles. The van der Waals surface area contributed by atoms with Crippen molar-refractivity contribution in [1.29, 1.82) is 0 Å². The summed E-state index contributed by atoms with van der Waals surface area (Å²) >= 11 is 0. The molecule has 3 aromatic carbocycles. The molecule has 41 heavy (non-hydrogen) atoms. The van der Waals surface area contributed by atoms with Crippen molar-refractivity contribution >= 4 is 40.5 Å². The van der Waals surface area contributed by atoms with Gasteiger partial charge in [-0.2, -0.15) is 0 Å². The maximum absolute atomic E-state index is 13.0. The monoisotopic (exact) mass is 546 g/mol. The zero-order valence-electron chi connectivity index (χ0n) is 22.4. The molecule has 0 saturated heterocycles. The number of nitrogens with zero attached hydrogens (tertiary/aromatic N) is 2. The predicted octanol–water partition coefficient (Wildman–Crippen LogP) is 6.40. The number of carbonyl (C=O) groups excluding carboxylic acids is 2. The number of hydrogen-bond acceptors (Lipinski definition) is 7. The summed E-state index contributed by atoms with van der Waals surface area (Å²) in [6, 6.07) is 22.0. The number of anilines is 5. The molecule has 0 unspecified atom stereocenters. The SMILES string of the molecule is C=CC(=O)Nc1ccc(C(=O)Nc2cc3cc(c2)Nc2nccc(n2)-c2cccc(c2)OCCC/C=C/CN3)cc1. The normalized spacial score (nSPS) is 13.6. The van der Waals surface area contributed by atoms with Gasteiger partial charge in [0.1, 0.15) is 5.75 Å². The quantitative estimate of drug-likeness (QED) is 0.173. The Morgan fingerprint density at radius 2 is 1.78 bits per heavy atom. The second kappa shape index (κ2) is 13.1. The molecule has 206 valence electrons. The molecule has 0 radical (unpaired) electrons. The van der Waals surface area contributed by atoms with Crippen LogP contribution in [0.15, 0.2) is 104 Å². The van der Waals surface area contributed by atoms with Crippen LogP contribution in [0.1, 0.15) is 23.2 Å². The average Bonchev–Trinajstić information content (AvgIpc) is 2.98. The number of ether oxygens (including phenoxy) is 1. The molecule has 1 aliphatic heterocycles. The molecule has 1 aliphatic rings. The summed E-state index contributed by atoms with van der Waals surface area (Å²) in [6.07, 6.45) is 8.88. The molecule has 0 fully saturated rings. The second-order valence-corrected chi connectivity index (χ2v) is 9.29. The lowest BCUT2D eigenvalue weighted by molar-refractivity contribution is -0.111. The van der Waals surface area contributed by atoms with Gasteiger partial charge in [0.25, 0.3) is 5.91 Å². The van der Waals surface area contributed by atoms with E-state index >= 15 is 0 Å². The number of hydrogen-bond donors (Lipinski definition) is 4. The minimum absolute atomic E-state index is 0.288. The van der Waals surface area contributed by atoms with E-state index in [0.717, 1.165) is 35.5 Å². The first-order chi connectivity index (χ1) is 20.1. The lowest BCUT2D eigenvalue weighted by Gasteiger charge is -2.14. The van der Waals surface area contributed by atoms with Crippen LogP contribution in [-0.4, -0.2) is 34.9 Å². The van der Waals surface area contributed by atoms with Crippen molar-refractivity contribution < 1.29 is 14.3 Å². The topological polar surface area (TPSA) is 117 Å². The van der Waals surface area contributed by atoms with Gasteiger partial charge < -0.3 is 26.0 Å². The van der Waals surface area contributed by atoms with Gasteiger partial charge >= 0.3 is 0 Å². The van der Waals surface area contributed by atoms with E-state index in [-0.39, 0.29) is 11.8 Å². The fourth-order valence-electron chi connectivity index (χ4n) is 4.20. The second-order valence-electron chi connectivity index (χ2n) is 9.29. The summed E-state index contributed by atoms with van der Waals surface area (Å²) in [4.78, 5) is 33.7. The lowest BCUT2D eigenvalue weighted by atomic mass is 10.1. The van der Waals surface area contributed by atoms with Gasteiger partial charge in [-0.15, -0.1) is 0 Å². The third-order valence-electron chi connectivity index (χ3n) is 6.21. The number of nitrogens with one attached hydrogen (secondary N) is 4. The lowest BCUT2D eigenvalue weighted by Crippen LogP contribution is -2.13. The number of amides is 2. The first-order valence-corrected chi connectivity index (χ1v) is 13.3. The molecule has 2 heterocycles. The van der Waals surface area contributed by atoms with Gasteiger partial charge in [-0.3, -0.25) is 9.59 Å². The number of benzene rings is 3. The van der Waals surface area contributed by atoms with Crippen molar-refractivity contribution in [1.82, 2.24) is 9.97 Å². The Bertz CT molecular complexity index is 1580. The number of fused-ring (bicyclic) bond motifs is 7. The fraction of sp³-hybridized carbons (Fsp3) is 0.125. The van der Waals surface area contributed by atoms with Crippen molar-refractivity contribution in [2.24, 2.45) is 0 Å². The molecule has 0 saturated carbocycles. The van der Waals surface area contributed by atoms with Crippen LogP contribution in [0.25, 0.3) is 11.3 Å². The van der Waals surface area contributed by atoms with E-state index in [0.29, 0.717) is 41.7 Å². The van der Waals surface area contributed by atoms with Crippen LogP contribution in [0.3, 0.4) is 0 Å². The number of rotatable bonds is 4. The van der Waals surface area contributed by atoms with Crippen molar-refractivity contribution in [2.75, 3.05) is 34.4 Å². The van der Waals surface area contributed by atoms with Gasteiger partial charge in [0.05, 0.1) is 12.3 Å². The number of aromatic nitrogens is 2. The zero-order valence-corrected chi connectivity index (χ0v) is 22.4. The van der Waals surface area contributed by atoms with Gasteiger partial charge in [0.2, 0.25) is 11.9 Å². The smallest absolute Gasteiger partial charge is 0.255 e. The van der Waals surface area contributed by atoms with E-state index in [1.807, 2.05) is 48.5 Å². The summed E-state index contributed by atoms with van der Waals surface area (Å²) in [5.41, 5.74) is 4.80. The van der Waals surface area contributed by atoms with Crippen LogP contribution < -0.4 is 26.0 Å². The van der Waals surface area contributed by atoms with E-state index in [1.54, 1.807) is 30.5 Å². The summed E-state index contributed by atoms with van der Waals surface area (Å²) in [6.45, 7) is 4.68. The van der Waals surface area contributed by atoms with Crippen LogP contribution in [0, 0.1) is 0 Å². The van der Waals surface area contributed by atoms with E-state index in [2.05, 4.69) is 45.0 Å². The Balaban J connectivity index is 1.40. The minimum Gasteiger partial charge on any atom is -0.494 e. The Morgan fingerprint density at radius 1 is 0.927 bits per heavy atom. The molecule has 0 aliphatic carbocycles. The van der Waals surface area contributed by atoms with E-state index in [4.69, 9.17) is 9.72 Å². The molecule has 6 bridgehead atoms. The van der Waals surface area contributed by atoms with Crippen molar-refractivity contribution in [3.8, 4) is 17.0 Å². The standard InChI is InChI=1S/C32H30N6O3/c1-2-30(39)35-24-12-10-22(11-13-24)31(40)36-26-19-25-20-27(21-26)37-32-34-16-14-29(38-32)23-8-7-9-28(18-23)41-17-6-4-3-5-15-33-25/h2-3,5,7-14,16,18-21,33H,1,4,6,15,17H2,(H,35,39)(H,36,40)(H,34,37,38)/b5-3+. The van der Waals surface area contributed by atoms with Crippen LogP contribution in [0.4, 0.5) is 28.7 Å². The first-order valence-electron chi connectivity index (χ1n) is 13.3. The van der Waals surface area contributed by atoms with Crippen LogP contribution in [0.2, 0.25) is 0 Å². The van der Waals surface area contributed by atoms with Crippen LogP contribution in [0.5, 0.6) is 5.75 Å². The van der Waals surface area contributed by atoms with Gasteiger partial charge in [-0.1, -0.05) is 30.9 Å². The third kappa shape index (κ3) is 7.57. The molecular formula is C32H30N6O3. The molecule has 0 spiro atoms. The molecule has 4 N–H and O–H groups in total. The van der Waals surface area contributed by atoms with E-state index in [9.17, 15) is 9.59 Å².